The molecule has 1 aliphatic carbocycles. The first kappa shape index (κ1) is 18.4. The third kappa shape index (κ3) is 8.42. The van der Waals surface area contributed by atoms with Crippen LogP contribution in [0.15, 0.2) is 0 Å². The van der Waals surface area contributed by atoms with Crippen LogP contribution in [0.5, 0.6) is 0 Å². The highest BCUT2D eigenvalue weighted by atomic mass is 16.3. The summed E-state index contributed by atoms with van der Waals surface area (Å²) in [6.45, 7) is 4.75. The summed E-state index contributed by atoms with van der Waals surface area (Å²) in [6.07, 6.45) is 8.92. The van der Waals surface area contributed by atoms with Crippen molar-refractivity contribution >= 4 is 5.91 Å². The average molecular weight is 298 g/mol. The van der Waals surface area contributed by atoms with E-state index in [0.717, 1.165) is 12.8 Å². The average Bonchev–Trinajstić information content (AvgIpc) is 2.46. The van der Waals surface area contributed by atoms with Gasteiger partial charge in [-0.1, -0.05) is 46.0 Å². The van der Waals surface area contributed by atoms with Crippen LogP contribution in [0.4, 0.5) is 0 Å². The van der Waals surface area contributed by atoms with Crippen LogP contribution in [0.3, 0.4) is 0 Å². The van der Waals surface area contributed by atoms with Gasteiger partial charge in [-0.15, -0.1) is 0 Å². The monoisotopic (exact) mass is 298 g/mol. The van der Waals surface area contributed by atoms with Gasteiger partial charge in [0.15, 0.2) is 0 Å². The second kappa shape index (κ2) is 10.2. The van der Waals surface area contributed by atoms with Crippen molar-refractivity contribution in [1.29, 1.82) is 0 Å². The third-order valence-electron chi connectivity index (χ3n) is 4.54. The van der Waals surface area contributed by atoms with Gasteiger partial charge in [0.1, 0.15) is 0 Å². The lowest BCUT2D eigenvalue weighted by molar-refractivity contribution is -0.121. The van der Waals surface area contributed by atoms with Crippen LogP contribution in [0.2, 0.25) is 0 Å². The number of hydrogen-bond donors (Lipinski definition) is 3. The highest BCUT2D eigenvalue weighted by molar-refractivity contribution is 5.75. The van der Waals surface area contributed by atoms with Gasteiger partial charge in [-0.3, -0.25) is 4.79 Å². The molecule has 0 radical (unpaired) electrons. The molecule has 124 valence electrons. The molecule has 0 aromatic rings. The van der Waals surface area contributed by atoms with Gasteiger partial charge in [0, 0.05) is 19.0 Å². The number of amides is 1. The summed E-state index contributed by atoms with van der Waals surface area (Å²) in [4.78, 5) is 11.6. The van der Waals surface area contributed by atoms with Gasteiger partial charge in [0.05, 0.1) is 6.10 Å². The quantitative estimate of drug-likeness (QED) is 0.612. The van der Waals surface area contributed by atoms with Crippen LogP contribution in [0, 0.1) is 11.8 Å². The zero-order chi connectivity index (χ0) is 15.7. The first-order chi connectivity index (χ1) is 9.99. The summed E-state index contributed by atoms with van der Waals surface area (Å²) in [5, 5.41) is 13.0. The Morgan fingerprint density at radius 1 is 1.24 bits per heavy atom. The van der Waals surface area contributed by atoms with Crippen molar-refractivity contribution < 1.29 is 9.90 Å². The lowest BCUT2D eigenvalue weighted by atomic mass is 9.83. The maximum atomic E-state index is 11.6. The van der Waals surface area contributed by atoms with Crippen molar-refractivity contribution in [2.75, 3.05) is 6.54 Å². The number of aliphatic hydroxyl groups is 1. The van der Waals surface area contributed by atoms with E-state index in [0.29, 0.717) is 31.2 Å². The van der Waals surface area contributed by atoms with Gasteiger partial charge in [-0.2, -0.15) is 0 Å². The molecule has 1 rings (SSSR count). The Kier molecular flexibility index (Phi) is 8.93. The molecule has 0 aromatic heterocycles. The molecule has 2 unspecified atom stereocenters. The van der Waals surface area contributed by atoms with E-state index in [1.165, 1.54) is 32.1 Å². The van der Waals surface area contributed by atoms with E-state index < -0.39 is 6.10 Å². The summed E-state index contributed by atoms with van der Waals surface area (Å²) in [5.41, 5.74) is 6.10. The Morgan fingerprint density at radius 3 is 2.52 bits per heavy atom. The van der Waals surface area contributed by atoms with Gasteiger partial charge in [0.2, 0.25) is 5.91 Å². The summed E-state index contributed by atoms with van der Waals surface area (Å²) < 4.78 is 0. The van der Waals surface area contributed by atoms with Gasteiger partial charge in [-0.05, 0) is 31.1 Å². The molecule has 1 fully saturated rings. The Morgan fingerprint density at radius 2 is 1.90 bits per heavy atom. The molecule has 0 aliphatic heterocycles. The van der Waals surface area contributed by atoms with Crippen LogP contribution < -0.4 is 11.1 Å². The number of nitrogens with two attached hydrogens (primary N) is 1. The predicted octanol–water partition coefficient (Wildman–Crippen LogP) is 2.59. The molecule has 0 aromatic carbocycles. The van der Waals surface area contributed by atoms with E-state index in [9.17, 15) is 9.90 Å². The lowest BCUT2D eigenvalue weighted by Gasteiger charge is -2.27. The molecule has 0 saturated heterocycles. The number of carbonyl (C=O) groups excluding carboxylic acids is 1. The molecule has 21 heavy (non-hydrogen) atoms. The van der Waals surface area contributed by atoms with Gasteiger partial charge < -0.3 is 16.2 Å². The number of rotatable bonds is 9. The molecule has 4 nitrogen and oxygen atoms in total. The second-order valence-corrected chi connectivity index (χ2v) is 7.04. The van der Waals surface area contributed by atoms with Crippen molar-refractivity contribution in [3.63, 3.8) is 0 Å². The van der Waals surface area contributed by atoms with Crippen molar-refractivity contribution in [3.05, 3.63) is 0 Å². The Balaban J connectivity index is 2.11. The number of carbonyl (C=O) groups is 1. The molecule has 1 saturated carbocycles. The molecular weight excluding hydrogens is 264 g/mol. The van der Waals surface area contributed by atoms with Crippen molar-refractivity contribution in [3.8, 4) is 0 Å². The smallest absolute Gasteiger partial charge is 0.220 e. The molecule has 2 atom stereocenters. The van der Waals surface area contributed by atoms with E-state index >= 15 is 0 Å². The molecule has 4 heteroatoms. The fraction of sp³-hybridized carbons (Fsp3) is 0.941. The normalized spacial score (nSPS) is 19.5. The van der Waals surface area contributed by atoms with Crippen LogP contribution in [-0.4, -0.2) is 29.7 Å². The molecule has 1 amide bonds. The highest BCUT2D eigenvalue weighted by Crippen LogP contribution is 2.27. The van der Waals surface area contributed by atoms with Gasteiger partial charge >= 0.3 is 0 Å². The number of nitrogens with one attached hydrogen (secondary N) is 1. The minimum Gasteiger partial charge on any atom is -0.391 e. The zero-order valence-electron chi connectivity index (χ0n) is 13.8. The van der Waals surface area contributed by atoms with Crippen LogP contribution in [0.25, 0.3) is 0 Å². The van der Waals surface area contributed by atoms with E-state index in [1.807, 2.05) is 0 Å². The maximum Gasteiger partial charge on any atom is 0.220 e. The van der Waals surface area contributed by atoms with Crippen LogP contribution in [-0.2, 0) is 4.79 Å². The molecule has 4 N–H and O–H groups in total. The van der Waals surface area contributed by atoms with Crippen LogP contribution >= 0.6 is 0 Å². The third-order valence-corrected chi connectivity index (χ3v) is 4.54. The topological polar surface area (TPSA) is 75.3 Å². The first-order valence-corrected chi connectivity index (χ1v) is 8.69. The predicted molar refractivity (Wildman–Crippen MR) is 86.9 cm³/mol. The molecular formula is C17H34N2O2. The summed E-state index contributed by atoms with van der Waals surface area (Å²) >= 11 is 0. The van der Waals surface area contributed by atoms with Crippen molar-refractivity contribution in [1.82, 2.24) is 5.32 Å². The Labute approximate surface area is 129 Å². The van der Waals surface area contributed by atoms with E-state index in [4.69, 9.17) is 5.73 Å². The minimum absolute atomic E-state index is 0.0803. The second-order valence-electron chi connectivity index (χ2n) is 7.04. The van der Waals surface area contributed by atoms with Crippen LogP contribution in [0.1, 0.15) is 71.6 Å². The molecule has 0 bridgehead atoms. The molecule has 0 heterocycles. The summed E-state index contributed by atoms with van der Waals surface area (Å²) in [7, 11) is 0. The Bertz CT molecular complexity index is 289. The summed E-state index contributed by atoms with van der Waals surface area (Å²) in [6, 6.07) is -0.152. The van der Waals surface area contributed by atoms with Gasteiger partial charge in [-0.25, -0.2) is 0 Å². The fourth-order valence-corrected chi connectivity index (χ4v) is 3.05. The number of aliphatic hydroxyl groups excluding tert-OH is 1. The minimum atomic E-state index is -0.502. The number of hydrogen-bond acceptors (Lipinski definition) is 3. The van der Waals surface area contributed by atoms with E-state index in [-0.39, 0.29) is 11.9 Å². The first-order valence-electron chi connectivity index (χ1n) is 8.69. The highest BCUT2D eigenvalue weighted by Gasteiger charge is 2.21. The van der Waals surface area contributed by atoms with Crippen molar-refractivity contribution in [2.45, 2.75) is 83.8 Å². The zero-order valence-corrected chi connectivity index (χ0v) is 13.8. The van der Waals surface area contributed by atoms with E-state index in [2.05, 4.69) is 19.2 Å². The standard InChI is InChI=1S/C17H34N2O2/c1-13(2)8-9-17(21)19-11-10-16(20)15(18)12-14-6-4-3-5-7-14/h13-16,20H,3-12,18H2,1-2H3,(H,19,21). The lowest BCUT2D eigenvalue weighted by Crippen LogP contribution is -2.39. The van der Waals surface area contributed by atoms with E-state index in [1.54, 1.807) is 0 Å². The fourth-order valence-electron chi connectivity index (χ4n) is 3.05. The largest absolute Gasteiger partial charge is 0.391 e. The maximum absolute atomic E-state index is 11.6. The SMILES string of the molecule is CC(C)CCC(=O)NCCC(O)C(N)CC1CCCCC1. The molecule has 1 aliphatic rings. The van der Waals surface area contributed by atoms with Gasteiger partial charge in [0.25, 0.3) is 0 Å². The van der Waals surface area contributed by atoms with Crippen molar-refractivity contribution in [2.24, 2.45) is 17.6 Å². The summed E-state index contributed by atoms with van der Waals surface area (Å²) in [5.74, 6) is 1.31. The molecule has 0 spiro atoms. The Hall–Kier alpha value is -0.610.